The molecule has 0 aliphatic carbocycles. The van der Waals surface area contributed by atoms with E-state index in [9.17, 15) is 8.42 Å². The molecular formula is C9H12NO2S. The van der Waals surface area contributed by atoms with Gasteiger partial charge in [-0.1, -0.05) is 19.1 Å². The zero-order chi connectivity index (χ0) is 9.90. The minimum Gasteiger partial charge on any atom is -0.207 e. The van der Waals surface area contributed by atoms with Crippen molar-refractivity contribution in [3.8, 4) is 0 Å². The molecule has 0 saturated heterocycles. The fourth-order valence-electron chi connectivity index (χ4n) is 0.887. The van der Waals surface area contributed by atoms with E-state index in [2.05, 4.69) is 6.07 Å². The molecular weight excluding hydrogens is 186 g/mol. The zero-order valence-electron chi connectivity index (χ0n) is 7.69. The van der Waals surface area contributed by atoms with Crippen LogP contribution in [-0.4, -0.2) is 26.3 Å². The molecule has 0 fully saturated rings. The molecule has 0 N–H and O–H groups in total. The first kappa shape index (κ1) is 10.2. The summed E-state index contributed by atoms with van der Waals surface area (Å²) in [6.45, 7) is 2.27. The number of rotatable bonds is 3. The van der Waals surface area contributed by atoms with Gasteiger partial charge in [0.05, 0.1) is 4.90 Å². The van der Waals surface area contributed by atoms with Gasteiger partial charge in [-0.3, -0.25) is 0 Å². The summed E-state index contributed by atoms with van der Waals surface area (Å²) in [5.74, 6) is 0. The minimum atomic E-state index is -3.29. The van der Waals surface area contributed by atoms with Crippen molar-refractivity contribution in [1.82, 2.24) is 4.31 Å². The third-order valence-corrected chi connectivity index (χ3v) is 3.76. The lowest BCUT2D eigenvalue weighted by Crippen LogP contribution is -2.26. The van der Waals surface area contributed by atoms with Gasteiger partial charge in [0, 0.05) is 13.6 Å². The van der Waals surface area contributed by atoms with Gasteiger partial charge in [-0.25, -0.2) is 12.7 Å². The van der Waals surface area contributed by atoms with Gasteiger partial charge in [0.2, 0.25) is 10.0 Å². The van der Waals surface area contributed by atoms with E-state index in [0.717, 1.165) is 0 Å². The Hall–Kier alpha value is -0.870. The molecule has 0 amide bonds. The van der Waals surface area contributed by atoms with Gasteiger partial charge in [0.1, 0.15) is 0 Å². The maximum atomic E-state index is 11.7. The minimum absolute atomic E-state index is 0.291. The molecule has 3 nitrogen and oxygen atoms in total. The highest BCUT2D eigenvalue weighted by Crippen LogP contribution is 2.12. The predicted octanol–water partition coefficient (Wildman–Crippen LogP) is 1.13. The van der Waals surface area contributed by atoms with E-state index in [0.29, 0.717) is 11.4 Å². The quantitative estimate of drug-likeness (QED) is 0.730. The number of hydrogen-bond acceptors (Lipinski definition) is 2. The Bertz CT molecular complexity index is 358. The van der Waals surface area contributed by atoms with Crippen molar-refractivity contribution in [2.45, 2.75) is 11.8 Å². The third-order valence-electron chi connectivity index (χ3n) is 1.83. The highest BCUT2D eigenvalue weighted by Gasteiger charge is 2.17. The Balaban J connectivity index is 3.09. The van der Waals surface area contributed by atoms with Crippen molar-refractivity contribution in [1.29, 1.82) is 0 Å². The second kappa shape index (κ2) is 3.89. The van der Waals surface area contributed by atoms with E-state index in [1.165, 1.54) is 10.4 Å². The van der Waals surface area contributed by atoms with Crippen molar-refractivity contribution >= 4 is 10.0 Å². The van der Waals surface area contributed by atoms with E-state index in [-0.39, 0.29) is 0 Å². The lowest BCUT2D eigenvalue weighted by atomic mass is 10.4. The molecule has 4 heteroatoms. The molecule has 0 heterocycles. The summed E-state index contributed by atoms with van der Waals surface area (Å²) in [4.78, 5) is 0.291. The van der Waals surface area contributed by atoms with Crippen LogP contribution in [0.3, 0.4) is 0 Å². The average Bonchev–Trinajstić information content (AvgIpc) is 2.18. The predicted molar refractivity (Wildman–Crippen MR) is 50.8 cm³/mol. The Labute approximate surface area is 79.0 Å². The van der Waals surface area contributed by atoms with Crippen molar-refractivity contribution in [3.05, 3.63) is 30.3 Å². The highest BCUT2D eigenvalue weighted by molar-refractivity contribution is 7.89. The van der Waals surface area contributed by atoms with Crippen LogP contribution in [0.15, 0.2) is 29.2 Å². The second-order valence-electron chi connectivity index (χ2n) is 2.66. The lowest BCUT2D eigenvalue weighted by Gasteiger charge is -2.14. The Morgan fingerprint density at radius 1 is 1.54 bits per heavy atom. The highest BCUT2D eigenvalue weighted by atomic mass is 32.2. The smallest absolute Gasteiger partial charge is 0.207 e. The summed E-state index contributed by atoms with van der Waals surface area (Å²) in [5, 5.41) is 0. The molecule has 0 aromatic heterocycles. The molecule has 1 rings (SSSR count). The summed E-state index contributed by atoms with van der Waals surface area (Å²) in [6, 6.07) is 9.12. The average molecular weight is 198 g/mol. The number of benzene rings is 1. The standard InChI is InChI=1S/C9H12NO2S/c1-3-10(2)13(11,12)9-7-5-4-6-8-9/h4-5,7-8H,3H2,1-2H3. The molecule has 0 aliphatic rings. The van der Waals surface area contributed by atoms with Gasteiger partial charge in [0.25, 0.3) is 0 Å². The van der Waals surface area contributed by atoms with Crippen LogP contribution >= 0.6 is 0 Å². The van der Waals surface area contributed by atoms with E-state index < -0.39 is 10.0 Å². The number of nitrogens with zero attached hydrogens (tertiary/aromatic N) is 1. The molecule has 0 aliphatic heterocycles. The number of sulfonamides is 1. The van der Waals surface area contributed by atoms with Gasteiger partial charge in [0.15, 0.2) is 0 Å². The van der Waals surface area contributed by atoms with E-state index in [1.807, 2.05) is 0 Å². The summed E-state index contributed by atoms with van der Waals surface area (Å²) in [7, 11) is -1.73. The van der Waals surface area contributed by atoms with Crippen molar-refractivity contribution in [2.24, 2.45) is 0 Å². The zero-order valence-corrected chi connectivity index (χ0v) is 8.50. The van der Waals surface area contributed by atoms with Gasteiger partial charge in [-0.15, -0.1) is 0 Å². The Morgan fingerprint density at radius 2 is 2.23 bits per heavy atom. The molecule has 13 heavy (non-hydrogen) atoms. The molecule has 0 unspecified atom stereocenters. The molecule has 0 bridgehead atoms. The lowest BCUT2D eigenvalue weighted by molar-refractivity contribution is 0.486. The van der Waals surface area contributed by atoms with E-state index in [4.69, 9.17) is 0 Å². The Morgan fingerprint density at radius 3 is 2.69 bits per heavy atom. The van der Waals surface area contributed by atoms with Crippen molar-refractivity contribution in [3.63, 3.8) is 0 Å². The number of hydrogen-bond donors (Lipinski definition) is 0. The molecule has 71 valence electrons. The normalized spacial score (nSPS) is 11.9. The maximum Gasteiger partial charge on any atom is 0.242 e. The summed E-state index contributed by atoms with van der Waals surface area (Å²) < 4.78 is 24.6. The summed E-state index contributed by atoms with van der Waals surface area (Å²) in [6.07, 6.45) is 0. The van der Waals surface area contributed by atoms with Gasteiger partial charge in [-0.2, -0.15) is 0 Å². The van der Waals surface area contributed by atoms with Gasteiger partial charge < -0.3 is 0 Å². The maximum absolute atomic E-state index is 11.7. The van der Waals surface area contributed by atoms with Crippen LogP contribution in [-0.2, 0) is 10.0 Å². The fourth-order valence-corrected chi connectivity index (χ4v) is 2.05. The first-order valence-corrected chi connectivity index (χ1v) is 5.45. The van der Waals surface area contributed by atoms with Crippen LogP contribution < -0.4 is 0 Å². The van der Waals surface area contributed by atoms with Gasteiger partial charge >= 0.3 is 0 Å². The molecule has 0 atom stereocenters. The molecule has 1 aromatic rings. The van der Waals surface area contributed by atoms with Crippen LogP contribution in [0.25, 0.3) is 0 Å². The first-order chi connectivity index (χ1) is 6.09. The fraction of sp³-hybridized carbons (Fsp3) is 0.333. The van der Waals surface area contributed by atoms with Crippen LogP contribution in [0.2, 0.25) is 0 Å². The molecule has 1 radical (unpaired) electrons. The third kappa shape index (κ3) is 2.08. The van der Waals surface area contributed by atoms with Gasteiger partial charge in [-0.05, 0) is 18.2 Å². The molecule has 1 aromatic carbocycles. The van der Waals surface area contributed by atoms with Crippen molar-refractivity contribution in [2.75, 3.05) is 13.6 Å². The summed E-state index contributed by atoms with van der Waals surface area (Å²) in [5.41, 5.74) is 0. The van der Waals surface area contributed by atoms with Crippen LogP contribution in [0, 0.1) is 6.07 Å². The van der Waals surface area contributed by atoms with Crippen molar-refractivity contribution < 1.29 is 8.42 Å². The summed E-state index contributed by atoms with van der Waals surface area (Å²) >= 11 is 0. The molecule has 0 saturated carbocycles. The molecule has 0 spiro atoms. The monoisotopic (exact) mass is 198 g/mol. The van der Waals surface area contributed by atoms with E-state index >= 15 is 0 Å². The topological polar surface area (TPSA) is 37.4 Å². The van der Waals surface area contributed by atoms with Crippen LogP contribution in [0.5, 0.6) is 0 Å². The largest absolute Gasteiger partial charge is 0.242 e. The SMILES string of the molecule is CCN(C)S(=O)(=O)c1c[c]ccc1. The van der Waals surface area contributed by atoms with Crippen LogP contribution in [0.4, 0.5) is 0 Å². The Kier molecular flexibility index (Phi) is 3.06. The van der Waals surface area contributed by atoms with E-state index in [1.54, 1.807) is 32.2 Å². The van der Waals surface area contributed by atoms with Crippen LogP contribution in [0.1, 0.15) is 6.92 Å². The first-order valence-electron chi connectivity index (χ1n) is 4.01. The second-order valence-corrected chi connectivity index (χ2v) is 4.70.